The predicted molar refractivity (Wildman–Crippen MR) is 83.9 cm³/mol. The van der Waals surface area contributed by atoms with Crippen molar-refractivity contribution >= 4 is 0 Å². The summed E-state index contributed by atoms with van der Waals surface area (Å²) in [6, 6.07) is 14.3. The molecule has 0 saturated heterocycles. The molecule has 1 heterocycles. The topological polar surface area (TPSA) is 44.5 Å². The van der Waals surface area contributed by atoms with Gasteiger partial charge in [-0.3, -0.25) is 0 Å². The Kier molecular flexibility index (Phi) is 3.60. The van der Waals surface area contributed by atoms with Crippen molar-refractivity contribution in [2.24, 2.45) is 5.73 Å². The van der Waals surface area contributed by atoms with Gasteiger partial charge in [0, 0.05) is 17.5 Å². The lowest BCUT2D eigenvalue weighted by Crippen LogP contribution is -2.35. The van der Waals surface area contributed by atoms with Gasteiger partial charge in [0.2, 0.25) is 0 Å². The Labute approximate surface area is 125 Å². The lowest BCUT2D eigenvalue weighted by Gasteiger charge is -2.27. The second-order valence-corrected chi connectivity index (χ2v) is 5.83. The molecule has 3 rings (SSSR count). The van der Waals surface area contributed by atoms with E-state index in [1.807, 2.05) is 12.1 Å². The minimum absolute atomic E-state index is 0.454. The van der Waals surface area contributed by atoms with E-state index in [0.29, 0.717) is 0 Å². The highest BCUT2D eigenvalue weighted by molar-refractivity contribution is 5.48. The van der Waals surface area contributed by atoms with E-state index in [0.717, 1.165) is 36.5 Å². The van der Waals surface area contributed by atoms with Crippen molar-refractivity contribution in [3.05, 3.63) is 59.2 Å². The van der Waals surface area contributed by atoms with Crippen molar-refractivity contribution in [2.45, 2.75) is 25.3 Å². The SMILES string of the molecule is COc1ccc(CC(C)(N)c2cccc3c2OCC3)cc1. The summed E-state index contributed by atoms with van der Waals surface area (Å²) in [5.41, 5.74) is 9.69. The summed E-state index contributed by atoms with van der Waals surface area (Å²) in [7, 11) is 1.67. The molecule has 1 atom stereocenters. The first-order chi connectivity index (χ1) is 10.1. The zero-order chi connectivity index (χ0) is 14.9. The smallest absolute Gasteiger partial charge is 0.127 e. The van der Waals surface area contributed by atoms with Gasteiger partial charge in [-0.15, -0.1) is 0 Å². The number of nitrogens with two attached hydrogens (primary N) is 1. The van der Waals surface area contributed by atoms with Gasteiger partial charge in [-0.05, 0) is 36.6 Å². The van der Waals surface area contributed by atoms with Crippen molar-refractivity contribution in [2.75, 3.05) is 13.7 Å². The summed E-state index contributed by atoms with van der Waals surface area (Å²) in [6.45, 7) is 2.82. The average molecular weight is 283 g/mol. The van der Waals surface area contributed by atoms with Crippen LogP contribution in [0, 0.1) is 0 Å². The predicted octanol–water partition coefficient (Wildman–Crippen LogP) is 3.05. The number of rotatable bonds is 4. The van der Waals surface area contributed by atoms with Gasteiger partial charge in [0.1, 0.15) is 11.5 Å². The zero-order valence-electron chi connectivity index (χ0n) is 12.6. The van der Waals surface area contributed by atoms with Gasteiger partial charge >= 0.3 is 0 Å². The third-order valence-electron chi connectivity index (χ3n) is 4.06. The minimum atomic E-state index is -0.454. The van der Waals surface area contributed by atoms with Crippen LogP contribution < -0.4 is 15.2 Å². The second-order valence-electron chi connectivity index (χ2n) is 5.83. The Morgan fingerprint density at radius 3 is 2.67 bits per heavy atom. The maximum absolute atomic E-state index is 6.60. The van der Waals surface area contributed by atoms with Gasteiger partial charge in [-0.1, -0.05) is 30.3 Å². The summed E-state index contributed by atoms with van der Waals surface area (Å²) in [5.74, 6) is 1.84. The fourth-order valence-electron chi connectivity index (χ4n) is 2.93. The number of benzene rings is 2. The van der Waals surface area contributed by atoms with Gasteiger partial charge in [0.25, 0.3) is 0 Å². The Balaban J connectivity index is 1.88. The largest absolute Gasteiger partial charge is 0.497 e. The van der Waals surface area contributed by atoms with Gasteiger partial charge in [-0.2, -0.15) is 0 Å². The van der Waals surface area contributed by atoms with E-state index in [-0.39, 0.29) is 0 Å². The van der Waals surface area contributed by atoms with Crippen molar-refractivity contribution in [3.63, 3.8) is 0 Å². The van der Waals surface area contributed by atoms with Gasteiger partial charge in [0.05, 0.1) is 13.7 Å². The van der Waals surface area contributed by atoms with E-state index in [4.69, 9.17) is 15.2 Å². The van der Waals surface area contributed by atoms with E-state index < -0.39 is 5.54 Å². The van der Waals surface area contributed by atoms with Crippen LogP contribution in [0.3, 0.4) is 0 Å². The molecular formula is C18H21NO2. The van der Waals surface area contributed by atoms with Gasteiger partial charge < -0.3 is 15.2 Å². The number of hydrogen-bond donors (Lipinski definition) is 1. The summed E-state index contributed by atoms with van der Waals surface area (Å²) in [6.07, 6.45) is 1.73. The fraction of sp³-hybridized carbons (Fsp3) is 0.333. The molecule has 21 heavy (non-hydrogen) atoms. The maximum atomic E-state index is 6.60. The monoisotopic (exact) mass is 283 g/mol. The van der Waals surface area contributed by atoms with E-state index in [1.165, 1.54) is 11.1 Å². The maximum Gasteiger partial charge on any atom is 0.127 e. The van der Waals surface area contributed by atoms with Crippen LogP contribution >= 0.6 is 0 Å². The van der Waals surface area contributed by atoms with Gasteiger partial charge in [0.15, 0.2) is 0 Å². The van der Waals surface area contributed by atoms with Crippen LogP contribution in [0.5, 0.6) is 11.5 Å². The molecule has 0 saturated carbocycles. The highest BCUT2D eigenvalue weighted by Crippen LogP contribution is 2.36. The van der Waals surface area contributed by atoms with Crippen molar-refractivity contribution in [1.29, 1.82) is 0 Å². The average Bonchev–Trinajstić information content (AvgIpc) is 2.95. The summed E-state index contributed by atoms with van der Waals surface area (Å²) in [5, 5.41) is 0. The third kappa shape index (κ3) is 2.74. The van der Waals surface area contributed by atoms with Gasteiger partial charge in [-0.25, -0.2) is 0 Å². The first kappa shape index (κ1) is 14.0. The molecule has 0 bridgehead atoms. The Bertz CT molecular complexity index is 632. The first-order valence-electron chi connectivity index (χ1n) is 7.27. The van der Waals surface area contributed by atoms with E-state index >= 15 is 0 Å². The van der Waals surface area contributed by atoms with Crippen LogP contribution in [-0.2, 0) is 18.4 Å². The molecule has 0 aliphatic carbocycles. The van der Waals surface area contributed by atoms with E-state index in [2.05, 4.69) is 37.3 Å². The lowest BCUT2D eigenvalue weighted by molar-refractivity contribution is 0.342. The number of hydrogen-bond acceptors (Lipinski definition) is 3. The van der Waals surface area contributed by atoms with E-state index in [9.17, 15) is 0 Å². The molecular weight excluding hydrogens is 262 g/mol. The zero-order valence-corrected chi connectivity index (χ0v) is 12.6. The van der Waals surface area contributed by atoms with Crippen LogP contribution in [0.2, 0.25) is 0 Å². The normalized spacial score (nSPS) is 16.0. The highest BCUT2D eigenvalue weighted by atomic mass is 16.5. The van der Waals surface area contributed by atoms with Crippen LogP contribution in [-0.4, -0.2) is 13.7 Å². The van der Waals surface area contributed by atoms with Crippen molar-refractivity contribution < 1.29 is 9.47 Å². The Morgan fingerprint density at radius 2 is 1.95 bits per heavy atom. The van der Waals surface area contributed by atoms with Crippen molar-refractivity contribution in [3.8, 4) is 11.5 Å². The molecule has 0 amide bonds. The third-order valence-corrected chi connectivity index (χ3v) is 4.06. The molecule has 2 aromatic rings. The molecule has 3 heteroatoms. The molecule has 2 N–H and O–H groups in total. The number of fused-ring (bicyclic) bond motifs is 1. The Hall–Kier alpha value is -2.00. The van der Waals surface area contributed by atoms with Crippen LogP contribution in [0.15, 0.2) is 42.5 Å². The van der Waals surface area contributed by atoms with Crippen LogP contribution in [0.1, 0.15) is 23.6 Å². The molecule has 1 aliphatic rings. The fourth-order valence-corrected chi connectivity index (χ4v) is 2.93. The molecule has 110 valence electrons. The number of para-hydroxylation sites is 1. The summed E-state index contributed by atoms with van der Waals surface area (Å²) >= 11 is 0. The lowest BCUT2D eigenvalue weighted by atomic mass is 9.85. The van der Waals surface area contributed by atoms with E-state index in [1.54, 1.807) is 7.11 Å². The highest BCUT2D eigenvalue weighted by Gasteiger charge is 2.28. The van der Waals surface area contributed by atoms with Crippen LogP contribution in [0.4, 0.5) is 0 Å². The summed E-state index contributed by atoms with van der Waals surface area (Å²) in [4.78, 5) is 0. The molecule has 1 unspecified atom stereocenters. The summed E-state index contributed by atoms with van der Waals surface area (Å²) < 4.78 is 11.0. The number of methoxy groups -OCH3 is 1. The first-order valence-corrected chi connectivity index (χ1v) is 7.27. The Morgan fingerprint density at radius 1 is 1.19 bits per heavy atom. The molecule has 3 nitrogen and oxygen atoms in total. The van der Waals surface area contributed by atoms with Crippen LogP contribution in [0.25, 0.3) is 0 Å². The quantitative estimate of drug-likeness (QED) is 0.938. The standard InChI is InChI=1S/C18H21NO2/c1-18(19,12-13-6-8-15(20-2)9-7-13)16-5-3-4-14-10-11-21-17(14)16/h3-9H,10-12,19H2,1-2H3. The number of ether oxygens (including phenoxy) is 2. The minimum Gasteiger partial charge on any atom is -0.497 e. The molecule has 2 aromatic carbocycles. The molecule has 0 fully saturated rings. The molecule has 0 aromatic heterocycles. The molecule has 0 radical (unpaired) electrons. The second kappa shape index (κ2) is 5.41. The molecule has 0 spiro atoms. The molecule has 1 aliphatic heterocycles. The van der Waals surface area contributed by atoms with Crippen molar-refractivity contribution in [1.82, 2.24) is 0 Å².